The van der Waals surface area contributed by atoms with Crippen LogP contribution < -0.4 is 0 Å². The third kappa shape index (κ3) is 2.31. The molecule has 0 nitrogen and oxygen atoms in total. The van der Waals surface area contributed by atoms with Crippen LogP contribution in [0.1, 0.15) is 33.1 Å². The average molecular weight is 318 g/mol. The van der Waals surface area contributed by atoms with Gasteiger partial charge in [-0.2, -0.15) is 0 Å². The number of rotatable bonds is 3. The van der Waals surface area contributed by atoms with Crippen molar-refractivity contribution < 1.29 is 23.2 Å². The van der Waals surface area contributed by atoms with E-state index in [-0.39, 0.29) is 0 Å². The van der Waals surface area contributed by atoms with Crippen molar-refractivity contribution in [3.63, 3.8) is 0 Å². The fourth-order valence-corrected chi connectivity index (χ4v) is 8.38. The summed E-state index contributed by atoms with van der Waals surface area (Å²) in [5.41, 5.74) is 1.83. The van der Waals surface area contributed by atoms with Gasteiger partial charge >= 0.3 is 123 Å². The molecule has 0 aromatic carbocycles. The summed E-state index contributed by atoms with van der Waals surface area (Å²) in [7, 11) is 0. The van der Waals surface area contributed by atoms with Crippen LogP contribution in [-0.4, -0.2) is 0 Å². The maximum absolute atomic E-state index is 2.47. The zero-order valence-electron chi connectivity index (χ0n) is 11.4. The summed E-state index contributed by atoms with van der Waals surface area (Å²) in [6, 6.07) is 0. The Bertz CT molecular complexity index is 439. The minimum atomic E-state index is -0.397. The molecule has 0 amide bonds. The van der Waals surface area contributed by atoms with Crippen molar-refractivity contribution in [2.45, 2.75) is 36.7 Å². The van der Waals surface area contributed by atoms with E-state index >= 15 is 0 Å². The Balaban J connectivity index is 1.81. The molecule has 0 radical (unpaired) electrons. The maximum atomic E-state index is 2.47. The van der Waals surface area contributed by atoms with Crippen molar-refractivity contribution >= 4 is 0 Å². The molecule has 0 aromatic rings. The minimum absolute atomic E-state index is 0.397. The van der Waals surface area contributed by atoms with E-state index in [1.165, 1.54) is 19.3 Å². The van der Waals surface area contributed by atoms with Crippen molar-refractivity contribution in [3.05, 3.63) is 45.3 Å². The molecule has 1 fully saturated rings. The molecule has 18 heavy (non-hydrogen) atoms. The summed E-state index contributed by atoms with van der Waals surface area (Å²) in [5, 5.41) is 0. The van der Waals surface area contributed by atoms with Gasteiger partial charge in [-0.1, -0.05) is 0 Å². The van der Waals surface area contributed by atoms with Crippen LogP contribution in [0.2, 0.25) is 3.63 Å². The van der Waals surface area contributed by atoms with E-state index in [9.17, 15) is 0 Å². The van der Waals surface area contributed by atoms with E-state index in [0.717, 1.165) is 21.4 Å². The van der Waals surface area contributed by atoms with Crippen LogP contribution in [0.25, 0.3) is 0 Å². The fraction of sp³-hybridized carbons (Fsp3) is 0.529. The molecular formula is C17H22Zr. The van der Waals surface area contributed by atoms with Crippen molar-refractivity contribution in [1.29, 1.82) is 0 Å². The van der Waals surface area contributed by atoms with Crippen molar-refractivity contribution in [2.75, 3.05) is 0 Å². The van der Waals surface area contributed by atoms with E-state index < -0.39 is 23.2 Å². The monoisotopic (exact) mass is 316 g/mol. The number of hydrogen-bond acceptors (Lipinski definition) is 0. The molecule has 0 saturated heterocycles. The zero-order chi connectivity index (χ0) is 12.5. The Morgan fingerprint density at radius 1 is 1.28 bits per heavy atom. The predicted molar refractivity (Wildman–Crippen MR) is 73.9 cm³/mol. The molecule has 3 aliphatic carbocycles. The molecule has 1 saturated carbocycles. The second-order valence-electron chi connectivity index (χ2n) is 5.87. The summed E-state index contributed by atoms with van der Waals surface area (Å²) in [6.45, 7) is 4.80. The summed E-state index contributed by atoms with van der Waals surface area (Å²) in [4.78, 5) is 0. The predicted octanol–water partition coefficient (Wildman–Crippen LogP) is 4.88. The number of allylic oxidation sites excluding steroid dienone is 8. The van der Waals surface area contributed by atoms with Gasteiger partial charge in [-0.3, -0.25) is 0 Å². The molecule has 0 spiro atoms. The van der Waals surface area contributed by atoms with Crippen LogP contribution in [0.5, 0.6) is 0 Å². The molecule has 3 aliphatic rings. The molecule has 1 heteroatoms. The van der Waals surface area contributed by atoms with Crippen LogP contribution in [0, 0.1) is 17.8 Å². The van der Waals surface area contributed by atoms with Crippen LogP contribution in [0.4, 0.5) is 0 Å². The third-order valence-corrected chi connectivity index (χ3v) is 9.36. The van der Waals surface area contributed by atoms with Crippen molar-refractivity contribution in [1.82, 2.24) is 0 Å². The zero-order valence-corrected chi connectivity index (χ0v) is 13.9. The summed E-state index contributed by atoms with van der Waals surface area (Å²) >= 11 is -0.397. The van der Waals surface area contributed by atoms with Gasteiger partial charge in [-0.15, -0.1) is 0 Å². The molecule has 0 aliphatic heterocycles. The molecule has 0 heterocycles. The van der Waals surface area contributed by atoms with Gasteiger partial charge in [-0.25, -0.2) is 0 Å². The van der Waals surface area contributed by atoms with E-state index in [0.29, 0.717) is 0 Å². The van der Waals surface area contributed by atoms with Crippen molar-refractivity contribution in [3.8, 4) is 0 Å². The van der Waals surface area contributed by atoms with Crippen LogP contribution in [0.15, 0.2) is 45.3 Å². The van der Waals surface area contributed by atoms with Gasteiger partial charge in [0.25, 0.3) is 0 Å². The Hall–Kier alpha value is -0.157. The van der Waals surface area contributed by atoms with Crippen molar-refractivity contribution in [2.24, 2.45) is 17.8 Å². The van der Waals surface area contributed by atoms with E-state index in [1.807, 2.05) is 8.85 Å². The first-order valence-electron chi connectivity index (χ1n) is 7.30. The van der Waals surface area contributed by atoms with Crippen LogP contribution in [0.3, 0.4) is 0 Å². The SMILES string of the molecule is CCC1CC2C(=CC=CC2C)[CH]1[Zr][C]1=CC=CC1. The van der Waals surface area contributed by atoms with Gasteiger partial charge in [-0.05, 0) is 0 Å². The summed E-state index contributed by atoms with van der Waals surface area (Å²) < 4.78 is 2.80. The Morgan fingerprint density at radius 2 is 2.17 bits per heavy atom. The molecule has 4 unspecified atom stereocenters. The quantitative estimate of drug-likeness (QED) is 0.696. The molecule has 0 aromatic heterocycles. The van der Waals surface area contributed by atoms with Gasteiger partial charge in [0.1, 0.15) is 0 Å². The second-order valence-corrected chi connectivity index (χ2v) is 9.68. The van der Waals surface area contributed by atoms with Crippen LogP contribution in [-0.2, 0) is 23.2 Å². The fourth-order valence-electron chi connectivity index (χ4n) is 3.68. The molecule has 4 atom stereocenters. The average Bonchev–Trinajstić information content (AvgIpc) is 2.99. The van der Waals surface area contributed by atoms with E-state index in [2.05, 4.69) is 50.3 Å². The number of fused-ring (bicyclic) bond motifs is 1. The second kappa shape index (κ2) is 5.45. The Labute approximate surface area is 122 Å². The normalized spacial score (nSPS) is 37.4. The van der Waals surface area contributed by atoms with Gasteiger partial charge in [0.05, 0.1) is 0 Å². The van der Waals surface area contributed by atoms with E-state index in [4.69, 9.17) is 0 Å². The van der Waals surface area contributed by atoms with Gasteiger partial charge in [0.2, 0.25) is 0 Å². The third-order valence-electron chi connectivity index (χ3n) is 4.79. The molecule has 0 bridgehead atoms. The molecule has 94 valence electrons. The van der Waals surface area contributed by atoms with Crippen LogP contribution >= 0.6 is 0 Å². The summed E-state index contributed by atoms with van der Waals surface area (Å²) in [6.07, 6.45) is 18.3. The number of hydrogen-bond donors (Lipinski definition) is 0. The first kappa shape index (κ1) is 12.9. The topological polar surface area (TPSA) is 0 Å². The van der Waals surface area contributed by atoms with Gasteiger partial charge in [0, 0.05) is 0 Å². The molecular weight excluding hydrogens is 295 g/mol. The molecule has 0 N–H and O–H groups in total. The Kier molecular flexibility index (Phi) is 3.89. The summed E-state index contributed by atoms with van der Waals surface area (Å²) in [5.74, 6) is 2.64. The first-order chi connectivity index (χ1) is 8.79. The van der Waals surface area contributed by atoms with E-state index in [1.54, 1.807) is 0 Å². The van der Waals surface area contributed by atoms with Gasteiger partial charge < -0.3 is 0 Å². The van der Waals surface area contributed by atoms with Gasteiger partial charge in [0.15, 0.2) is 0 Å². The molecule has 3 rings (SSSR count). The standard InChI is InChI=1S/C12H17.C5H5.Zr/c1-3-10-7-11-6-4-5-9(2)12(11)8-10;1-2-4-5-3-1;/h4-7,9-10,12H,3,8H2,1-2H3;1-3H,4H2;. The Morgan fingerprint density at radius 3 is 2.89 bits per heavy atom. The first-order valence-corrected chi connectivity index (χ1v) is 9.95.